The molecule has 1 heterocycles. The number of thioether (sulfide) groups is 1. The van der Waals surface area contributed by atoms with Crippen molar-refractivity contribution in [2.24, 2.45) is 0 Å². The third-order valence-electron chi connectivity index (χ3n) is 4.22. The lowest BCUT2D eigenvalue weighted by molar-refractivity contribution is 0.189. The molecule has 3 rings (SSSR count). The van der Waals surface area contributed by atoms with Gasteiger partial charge in [0.1, 0.15) is 5.75 Å². The number of hydrogen-bond donors (Lipinski definition) is 0. The van der Waals surface area contributed by atoms with Crippen LogP contribution in [0.2, 0.25) is 0 Å². The van der Waals surface area contributed by atoms with E-state index in [1.54, 1.807) is 23.4 Å². The van der Waals surface area contributed by atoms with E-state index in [1.165, 1.54) is 0 Å². The molecule has 0 radical (unpaired) electrons. The average molecular weight is 385 g/mol. The van der Waals surface area contributed by atoms with Gasteiger partial charge in [0.25, 0.3) is 5.56 Å². The molecule has 0 saturated heterocycles. The fourth-order valence-corrected chi connectivity index (χ4v) is 3.67. The van der Waals surface area contributed by atoms with E-state index in [4.69, 9.17) is 14.5 Å². The minimum atomic E-state index is -0.000903. The van der Waals surface area contributed by atoms with Crippen LogP contribution in [0.15, 0.2) is 58.5 Å². The maximum Gasteiger partial charge on any atom is 0.262 e. The minimum Gasteiger partial charge on any atom is -0.492 e. The van der Waals surface area contributed by atoms with Gasteiger partial charge in [0, 0.05) is 26.0 Å². The van der Waals surface area contributed by atoms with Crippen LogP contribution in [-0.2, 0) is 11.3 Å². The first-order valence-corrected chi connectivity index (χ1v) is 9.99. The monoisotopic (exact) mass is 384 g/mol. The Bertz CT molecular complexity index is 956. The van der Waals surface area contributed by atoms with E-state index in [1.807, 2.05) is 55.5 Å². The molecule has 3 aromatic rings. The van der Waals surface area contributed by atoms with Crippen molar-refractivity contribution in [2.45, 2.75) is 25.0 Å². The number of aromatic nitrogens is 2. The first-order valence-electron chi connectivity index (χ1n) is 9.00. The van der Waals surface area contributed by atoms with Gasteiger partial charge in [0.05, 0.1) is 17.5 Å². The highest BCUT2D eigenvalue weighted by Crippen LogP contribution is 2.20. The van der Waals surface area contributed by atoms with E-state index >= 15 is 0 Å². The zero-order valence-corrected chi connectivity index (χ0v) is 16.5. The first-order chi connectivity index (χ1) is 13.2. The summed E-state index contributed by atoms with van der Waals surface area (Å²) in [4.78, 5) is 17.6. The molecule has 5 nitrogen and oxygen atoms in total. The van der Waals surface area contributed by atoms with Crippen LogP contribution in [-0.4, -0.2) is 35.6 Å². The summed E-state index contributed by atoms with van der Waals surface area (Å²) < 4.78 is 12.7. The number of hydrogen-bond acceptors (Lipinski definition) is 5. The van der Waals surface area contributed by atoms with E-state index in [2.05, 4.69) is 0 Å². The molecule has 0 aliphatic heterocycles. The van der Waals surface area contributed by atoms with Gasteiger partial charge in [-0.05, 0) is 37.1 Å². The van der Waals surface area contributed by atoms with Gasteiger partial charge in [-0.1, -0.05) is 42.1 Å². The second-order valence-corrected chi connectivity index (χ2v) is 7.24. The van der Waals surface area contributed by atoms with Crippen LogP contribution >= 0.6 is 11.8 Å². The third-order valence-corrected chi connectivity index (χ3v) is 5.16. The molecular weight excluding hydrogens is 360 g/mol. The summed E-state index contributed by atoms with van der Waals surface area (Å²) in [6, 6.07) is 15.4. The van der Waals surface area contributed by atoms with E-state index in [9.17, 15) is 4.79 Å². The molecule has 0 fully saturated rings. The van der Waals surface area contributed by atoms with Gasteiger partial charge in [0.2, 0.25) is 0 Å². The Labute approximate surface area is 163 Å². The average Bonchev–Trinajstić information content (AvgIpc) is 2.69. The summed E-state index contributed by atoms with van der Waals surface area (Å²) in [5, 5.41) is 1.37. The molecule has 2 aromatic carbocycles. The SMILES string of the molecule is COCCCn1c(SCCOc2ccccc2C)nc2ccccc2c1=O. The molecule has 27 heavy (non-hydrogen) atoms. The number of nitrogens with zero attached hydrogens (tertiary/aromatic N) is 2. The van der Waals surface area contributed by atoms with Crippen molar-refractivity contribution < 1.29 is 9.47 Å². The molecule has 0 atom stereocenters. The highest BCUT2D eigenvalue weighted by Gasteiger charge is 2.11. The van der Waals surface area contributed by atoms with Crippen molar-refractivity contribution >= 4 is 22.7 Å². The number of fused-ring (bicyclic) bond motifs is 1. The molecule has 0 spiro atoms. The maximum absolute atomic E-state index is 12.9. The number of methoxy groups -OCH3 is 1. The summed E-state index contributed by atoms with van der Waals surface area (Å²) in [6.45, 7) is 3.78. The predicted molar refractivity (Wildman–Crippen MR) is 110 cm³/mol. The Balaban J connectivity index is 1.74. The third kappa shape index (κ3) is 4.90. The smallest absolute Gasteiger partial charge is 0.262 e. The molecular formula is C21H24N2O3S. The molecule has 0 N–H and O–H groups in total. The van der Waals surface area contributed by atoms with E-state index in [0.717, 1.165) is 28.4 Å². The zero-order chi connectivity index (χ0) is 19.1. The highest BCUT2D eigenvalue weighted by atomic mass is 32.2. The highest BCUT2D eigenvalue weighted by molar-refractivity contribution is 7.99. The second-order valence-electron chi connectivity index (χ2n) is 6.18. The van der Waals surface area contributed by atoms with Crippen LogP contribution in [0.25, 0.3) is 10.9 Å². The lowest BCUT2D eigenvalue weighted by Gasteiger charge is -2.13. The fraction of sp³-hybridized carbons (Fsp3) is 0.333. The number of aryl methyl sites for hydroxylation is 1. The van der Waals surface area contributed by atoms with Gasteiger partial charge in [0.15, 0.2) is 5.16 Å². The molecule has 0 aliphatic carbocycles. The minimum absolute atomic E-state index is 0.000903. The normalized spacial score (nSPS) is 11.0. The van der Waals surface area contributed by atoms with Gasteiger partial charge >= 0.3 is 0 Å². The van der Waals surface area contributed by atoms with Gasteiger partial charge in [-0.3, -0.25) is 9.36 Å². The van der Waals surface area contributed by atoms with Crippen molar-refractivity contribution in [3.63, 3.8) is 0 Å². The Morgan fingerprint density at radius 1 is 1.07 bits per heavy atom. The molecule has 6 heteroatoms. The Kier molecular flexibility index (Phi) is 6.90. The van der Waals surface area contributed by atoms with Crippen molar-refractivity contribution in [1.82, 2.24) is 9.55 Å². The molecule has 0 unspecified atom stereocenters. The summed E-state index contributed by atoms with van der Waals surface area (Å²) in [6.07, 6.45) is 0.768. The first kappa shape index (κ1) is 19.5. The van der Waals surface area contributed by atoms with Crippen LogP contribution < -0.4 is 10.3 Å². The van der Waals surface area contributed by atoms with Crippen LogP contribution in [0.1, 0.15) is 12.0 Å². The standard InChI is InChI=1S/C21H24N2O3S/c1-16-8-3-6-11-19(16)26-14-15-27-21-22-18-10-5-4-9-17(18)20(24)23(21)12-7-13-25-2/h3-6,8-11H,7,12-15H2,1-2H3. The van der Waals surface area contributed by atoms with Crippen LogP contribution in [0, 0.1) is 6.92 Å². The zero-order valence-electron chi connectivity index (χ0n) is 15.7. The van der Waals surface area contributed by atoms with Crippen LogP contribution in [0.4, 0.5) is 0 Å². The van der Waals surface area contributed by atoms with Crippen molar-refractivity contribution in [3.8, 4) is 5.75 Å². The Morgan fingerprint density at radius 2 is 1.85 bits per heavy atom. The lowest BCUT2D eigenvalue weighted by atomic mass is 10.2. The Morgan fingerprint density at radius 3 is 2.67 bits per heavy atom. The maximum atomic E-state index is 12.9. The van der Waals surface area contributed by atoms with E-state index < -0.39 is 0 Å². The molecule has 0 aliphatic rings. The van der Waals surface area contributed by atoms with Gasteiger partial charge in [-0.15, -0.1) is 0 Å². The molecule has 0 amide bonds. The number of ether oxygens (including phenoxy) is 2. The molecule has 1 aromatic heterocycles. The van der Waals surface area contributed by atoms with E-state index in [0.29, 0.717) is 30.9 Å². The molecule has 142 valence electrons. The summed E-state index contributed by atoms with van der Waals surface area (Å²) in [5.41, 5.74) is 1.84. The van der Waals surface area contributed by atoms with Crippen molar-refractivity contribution in [1.29, 1.82) is 0 Å². The van der Waals surface area contributed by atoms with Crippen LogP contribution in [0.3, 0.4) is 0 Å². The van der Waals surface area contributed by atoms with Gasteiger partial charge in [-0.25, -0.2) is 4.98 Å². The van der Waals surface area contributed by atoms with Gasteiger partial charge < -0.3 is 9.47 Å². The second kappa shape index (κ2) is 9.58. The Hall–Kier alpha value is -2.31. The number of para-hydroxylation sites is 2. The van der Waals surface area contributed by atoms with E-state index in [-0.39, 0.29) is 5.56 Å². The summed E-state index contributed by atoms with van der Waals surface area (Å²) in [5.74, 6) is 1.60. The van der Waals surface area contributed by atoms with Crippen molar-refractivity contribution in [2.75, 3.05) is 26.1 Å². The summed E-state index contributed by atoms with van der Waals surface area (Å²) in [7, 11) is 1.67. The topological polar surface area (TPSA) is 53.4 Å². The van der Waals surface area contributed by atoms with Gasteiger partial charge in [-0.2, -0.15) is 0 Å². The lowest BCUT2D eigenvalue weighted by Crippen LogP contribution is -2.24. The largest absolute Gasteiger partial charge is 0.492 e. The fourth-order valence-electron chi connectivity index (χ4n) is 2.82. The summed E-state index contributed by atoms with van der Waals surface area (Å²) >= 11 is 1.55. The number of benzene rings is 2. The number of rotatable bonds is 9. The van der Waals surface area contributed by atoms with Crippen LogP contribution in [0.5, 0.6) is 5.75 Å². The molecule has 0 saturated carbocycles. The quantitative estimate of drug-likeness (QED) is 0.318. The van der Waals surface area contributed by atoms with Crippen molar-refractivity contribution in [3.05, 3.63) is 64.4 Å². The molecule has 0 bridgehead atoms. The predicted octanol–water partition coefficient (Wildman–Crippen LogP) is 3.91.